The van der Waals surface area contributed by atoms with Crippen LogP contribution in [-0.4, -0.2) is 60.9 Å². The van der Waals surface area contributed by atoms with Gasteiger partial charge in [-0.25, -0.2) is 19.3 Å². The second-order valence-corrected chi connectivity index (χ2v) is 9.17. The molecule has 0 radical (unpaired) electrons. The molecule has 0 unspecified atom stereocenters. The van der Waals surface area contributed by atoms with Gasteiger partial charge in [-0.1, -0.05) is 11.6 Å². The van der Waals surface area contributed by atoms with Crippen LogP contribution in [0.25, 0.3) is 22.3 Å². The van der Waals surface area contributed by atoms with E-state index in [4.69, 9.17) is 21.1 Å². The molecule has 0 saturated carbocycles. The number of aromatic nitrogens is 4. The van der Waals surface area contributed by atoms with Gasteiger partial charge in [-0.3, -0.25) is 0 Å². The van der Waals surface area contributed by atoms with Crippen LogP contribution in [0.4, 0.5) is 10.3 Å². The zero-order chi connectivity index (χ0) is 23.4. The van der Waals surface area contributed by atoms with Crippen molar-refractivity contribution in [2.45, 2.75) is 63.9 Å². The summed E-state index contributed by atoms with van der Waals surface area (Å²) in [6, 6.07) is 2.66. The van der Waals surface area contributed by atoms with Crippen LogP contribution in [0.3, 0.4) is 0 Å². The van der Waals surface area contributed by atoms with Crippen molar-refractivity contribution in [2.24, 2.45) is 0 Å². The molecule has 2 bridgehead atoms. The van der Waals surface area contributed by atoms with Crippen molar-refractivity contribution in [3.8, 4) is 11.3 Å². The lowest BCUT2D eigenvalue weighted by molar-refractivity contribution is -0.156. The first-order valence-electron chi connectivity index (χ1n) is 10.9. The zero-order valence-electron chi connectivity index (χ0n) is 18.4. The minimum absolute atomic E-state index is 0.0556. The summed E-state index contributed by atoms with van der Waals surface area (Å²) in [6.07, 6.45) is -0.533. The Kier molecular flexibility index (Phi) is 5.74. The molecule has 2 aliphatic rings. The van der Waals surface area contributed by atoms with Gasteiger partial charge in [-0.05, 0) is 39.3 Å². The maximum absolute atomic E-state index is 15.1. The first-order valence-corrected chi connectivity index (χ1v) is 11.2. The highest BCUT2D eigenvalue weighted by atomic mass is 35.5. The Balaban J connectivity index is 1.54. The van der Waals surface area contributed by atoms with Crippen LogP contribution in [0.5, 0.6) is 0 Å². The number of aliphatic hydroxyl groups is 2. The lowest BCUT2D eigenvalue weighted by atomic mass is 10.0. The lowest BCUT2D eigenvalue weighted by Crippen LogP contribution is -2.48. The molecule has 2 aliphatic heterocycles. The molecule has 1 aromatic carbocycles. The fourth-order valence-electron chi connectivity index (χ4n) is 4.48. The third kappa shape index (κ3) is 3.95. The molecule has 33 heavy (non-hydrogen) atoms. The number of halogens is 2. The number of hydrogen-bond donors (Lipinski definition) is 3. The Bertz CT molecular complexity index is 1200. The molecule has 2 aromatic heterocycles. The maximum Gasteiger partial charge on any atom is 0.223 e. The summed E-state index contributed by atoms with van der Waals surface area (Å²) in [7, 11) is 0. The molecule has 5 rings (SSSR count). The van der Waals surface area contributed by atoms with Crippen LogP contribution in [0.1, 0.15) is 45.2 Å². The van der Waals surface area contributed by atoms with Crippen molar-refractivity contribution in [3.05, 3.63) is 35.0 Å². The van der Waals surface area contributed by atoms with Crippen LogP contribution in [-0.2, 0) is 9.47 Å². The monoisotopic (exact) mass is 477 g/mol. The zero-order valence-corrected chi connectivity index (χ0v) is 19.1. The minimum Gasteiger partial charge on any atom is -0.386 e. The summed E-state index contributed by atoms with van der Waals surface area (Å²) in [5.74, 6) is 0.0985. The predicted molar refractivity (Wildman–Crippen MR) is 119 cm³/mol. The molecule has 3 N–H and O–H groups in total. The van der Waals surface area contributed by atoms with E-state index in [1.807, 2.05) is 13.8 Å². The van der Waals surface area contributed by atoms with Crippen molar-refractivity contribution in [3.63, 3.8) is 0 Å². The van der Waals surface area contributed by atoms with Gasteiger partial charge in [-0.2, -0.15) is 0 Å². The van der Waals surface area contributed by atoms with E-state index in [0.717, 1.165) is 0 Å². The highest BCUT2D eigenvalue weighted by Gasteiger charge is 2.43. The summed E-state index contributed by atoms with van der Waals surface area (Å²) >= 11 is 6.39. The average molecular weight is 478 g/mol. The van der Waals surface area contributed by atoms with Crippen molar-refractivity contribution >= 4 is 28.6 Å². The molecular formula is C22H25ClFN5O4. The van der Waals surface area contributed by atoms with Crippen LogP contribution in [0, 0.1) is 5.82 Å². The highest BCUT2D eigenvalue weighted by molar-refractivity contribution is 6.33. The van der Waals surface area contributed by atoms with Gasteiger partial charge in [0.1, 0.15) is 23.5 Å². The smallest absolute Gasteiger partial charge is 0.223 e. The van der Waals surface area contributed by atoms with Gasteiger partial charge in [0.2, 0.25) is 5.95 Å². The molecule has 5 atom stereocenters. The quantitative estimate of drug-likeness (QED) is 0.513. The number of hydrogen-bond acceptors (Lipinski definition) is 8. The molecule has 2 fully saturated rings. The second kappa shape index (κ2) is 8.44. The van der Waals surface area contributed by atoms with E-state index < -0.39 is 24.3 Å². The normalized spacial score (nSPS) is 25.7. The van der Waals surface area contributed by atoms with Gasteiger partial charge in [0.05, 0.1) is 41.2 Å². The Morgan fingerprint density at radius 1 is 1.27 bits per heavy atom. The molecule has 0 spiro atoms. The second-order valence-electron chi connectivity index (χ2n) is 8.76. The molecule has 0 amide bonds. The molecule has 9 nitrogen and oxygen atoms in total. The van der Waals surface area contributed by atoms with Gasteiger partial charge in [0.15, 0.2) is 12.1 Å². The number of rotatable bonds is 5. The van der Waals surface area contributed by atoms with E-state index in [9.17, 15) is 10.2 Å². The van der Waals surface area contributed by atoms with E-state index in [1.54, 1.807) is 17.6 Å². The Hall–Kier alpha value is -2.37. The van der Waals surface area contributed by atoms with E-state index in [0.29, 0.717) is 35.6 Å². The molecule has 176 valence electrons. The van der Waals surface area contributed by atoms with Crippen LogP contribution in [0.15, 0.2) is 18.3 Å². The molecule has 0 aliphatic carbocycles. The minimum atomic E-state index is -0.875. The lowest BCUT2D eigenvalue weighted by Gasteiger charge is -2.32. The van der Waals surface area contributed by atoms with Crippen LogP contribution < -0.4 is 5.32 Å². The topological polar surface area (TPSA) is 115 Å². The highest BCUT2D eigenvalue weighted by Crippen LogP contribution is 2.34. The number of benzene rings is 1. The summed E-state index contributed by atoms with van der Waals surface area (Å²) in [5, 5.41) is 24.0. The fraction of sp³-hybridized carbons (Fsp3) is 0.500. The molecule has 3 aromatic rings. The number of imidazole rings is 1. The van der Waals surface area contributed by atoms with E-state index >= 15 is 4.39 Å². The van der Waals surface area contributed by atoms with Gasteiger partial charge < -0.3 is 29.6 Å². The number of nitrogens with one attached hydrogen (secondary N) is 1. The van der Waals surface area contributed by atoms with Gasteiger partial charge in [0.25, 0.3) is 0 Å². The Morgan fingerprint density at radius 2 is 2.06 bits per heavy atom. The van der Waals surface area contributed by atoms with Crippen LogP contribution in [0.2, 0.25) is 5.02 Å². The number of ether oxygens (including phenoxy) is 2. The van der Waals surface area contributed by atoms with Crippen molar-refractivity contribution in [1.29, 1.82) is 0 Å². The number of aliphatic hydroxyl groups excluding tert-OH is 2. The van der Waals surface area contributed by atoms with Gasteiger partial charge in [-0.15, -0.1) is 0 Å². The first kappa shape index (κ1) is 22.4. The molecule has 2 saturated heterocycles. The first-order chi connectivity index (χ1) is 15.7. The number of anilines is 1. The Morgan fingerprint density at radius 3 is 2.79 bits per heavy atom. The van der Waals surface area contributed by atoms with Crippen molar-refractivity contribution in [1.82, 2.24) is 19.5 Å². The third-order valence-electron chi connectivity index (χ3n) is 5.98. The Labute approximate surface area is 194 Å². The van der Waals surface area contributed by atoms with Gasteiger partial charge in [0, 0.05) is 11.6 Å². The van der Waals surface area contributed by atoms with Crippen molar-refractivity contribution in [2.75, 3.05) is 11.9 Å². The summed E-state index contributed by atoms with van der Waals surface area (Å²) in [5.41, 5.74) is 1.50. The van der Waals surface area contributed by atoms with E-state index in [1.165, 1.54) is 12.3 Å². The summed E-state index contributed by atoms with van der Waals surface area (Å²) < 4.78 is 27.9. The number of nitrogens with zero attached hydrogens (tertiary/aromatic N) is 4. The van der Waals surface area contributed by atoms with Crippen LogP contribution >= 0.6 is 11.6 Å². The largest absolute Gasteiger partial charge is 0.386 e. The SMILES string of the molecule is CC(C)n1c([C@H](C)O)nc2c(F)cc(-c3nc(N[C@@H]4C[C@H]5CO[C@H](O5)[C@H]4O)ncc3Cl)cc21. The summed E-state index contributed by atoms with van der Waals surface area (Å²) in [4.78, 5) is 13.1. The standard InChI is InChI=1S/C22H25ClFN5O4/c1-9(2)29-16-5-11(4-14(24)18(16)27-20(29)10(3)30)17-13(23)7-25-22(28-17)26-15-6-12-8-32-21(33-12)19(15)31/h4-5,7,9-10,12,15,19,21,30-31H,6,8H2,1-3H3,(H,25,26,28)/t10-,12-,15+,19-,21+/m0/s1. The van der Waals surface area contributed by atoms with E-state index in [-0.39, 0.29) is 34.7 Å². The number of fused-ring (bicyclic) bond motifs is 3. The van der Waals surface area contributed by atoms with Gasteiger partial charge >= 0.3 is 0 Å². The average Bonchev–Trinajstić information content (AvgIpc) is 3.35. The predicted octanol–water partition coefficient (Wildman–Crippen LogP) is 3.21. The maximum atomic E-state index is 15.1. The fourth-order valence-corrected chi connectivity index (χ4v) is 4.68. The van der Waals surface area contributed by atoms with Crippen molar-refractivity contribution < 1.29 is 24.1 Å². The molecule has 4 heterocycles. The summed E-state index contributed by atoms with van der Waals surface area (Å²) in [6.45, 7) is 5.91. The molecule has 11 heteroatoms. The third-order valence-corrected chi connectivity index (χ3v) is 6.26. The molecular weight excluding hydrogens is 453 g/mol. The van der Waals surface area contributed by atoms with E-state index in [2.05, 4.69) is 20.3 Å².